The summed E-state index contributed by atoms with van der Waals surface area (Å²) in [5.41, 5.74) is 19.0. The van der Waals surface area contributed by atoms with Crippen molar-refractivity contribution in [3.05, 3.63) is 188 Å². The van der Waals surface area contributed by atoms with Crippen molar-refractivity contribution in [2.75, 3.05) is 0 Å². The van der Waals surface area contributed by atoms with Crippen molar-refractivity contribution in [2.24, 2.45) is 0 Å². The molecule has 0 spiro atoms. The third-order valence-electron chi connectivity index (χ3n) is 13.7. The summed E-state index contributed by atoms with van der Waals surface area (Å²) in [6, 6.07) is 70.1. The Morgan fingerprint density at radius 2 is 0.610 bits per heavy atom. The van der Waals surface area contributed by atoms with Crippen LogP contribution in [0.2, 0.25) is 0 Å². The lowest BCUT2D eigenvalue weighted by Gasteiger charge is -2.33. The highest BCUT2D eigenvalue weighted by Crippen LogP contribution is 2.45. The molecule has 15 rings (SSSR count). The monoisotopic (exact) mass is 746 g/mol. The molecule has 59 heavy (non-hydrogen) atoms. The van der Waals surface area contributed by atoms with Crippen molar-refractivity contribution < 1.29 is 0 Å². The lowest BCUT2D eigenvalue weighted by atomic mass is 9.34. The number of fused-ring (bicyclic) bond motifs is 18. The number of nitrogens with zero attached hydrogens (tertiary/aromatic N) is 4. The van der Waals surface area contributed by atoms with Crippen LogP contribution in [0.1, 0.15) is 0 Å². The fraction of sp³-hybridized carbons (Fsp3) is 0. The van der Waals surface area contributed by atoms with Crippen molar-refractivity contribution in [1.82, 2.24) is 18.3 Å². The second kappa shape index (κ2) is 10.6. The SMILES string of the molecule is c1ccc(-n2c3ccccc3c3ccc4c5cccc6c5n(c4c32)-c2cccc3c2B6c2cccc4c5ccc6c7ccccc7n(-c7ccccc7)c6c5n-3c24)cc1. The first-order valence-electron chi connectivity index (χ1n) is 20.6. The van der Waals surface area contributed by atoms with Crippen molar-refractivity contribution in [3.63, 3.8) is 0 Å². The fourth-order valence-corrected chi connectivity index (χ4v) is 11.6. The number of aromatic nitrogens is 4. The topological polar surface area (TPSA) is 19.7 Å². The van der Waals surface area contributed by atoms with E-state index in [1.807, 2.05) is 0 Å². The van der Waals surface area contributed by atoms with Gasteiger partial charge in [0.2, 0.25) is 0 Å². The predicted molar refractivity (Wildman–Crippen MR) is 248 cm³/mol. The van der Waals surface area contributed by atoms with E-state index in [0.717, 1.165) is 0 Å². The summed E-state index contributed by atoms with van der Waals surface area (Å²) in [6.45, 7) is 0.0770. The lowest BCUT2D eigenvalue weighted by Crippen LogP contribution is -2.59. The Bertz CT molecular complexity index is 3750. The molecule has 0 fully saturated rings. The molecule has 5 heteroatoms. The molecule has 4 aromatic heterocycles. The van der Waals surface area contributed by atoms with Gasteiger partial charge in [-0.25, -0.2) is 0 Å². The summed E-state index contributed by atoms with van der Waals surface area (Å²) in [6.07, 6.45) is 0. The van der Waals surface area contributed by atoms with E-state index in [-0.39, 0.29) is 6.71 Å². The molecule has 0 amide bonds. The molecule has 6 heterocycles. The van der Waals surface area contributed by atoms with Crippen LogP contribution in [0.5, 0.6) is 0 Å². The molecular formula is C54H31BN4. The fourth-order valence-electron chi connectivity index (χ4n) is 11.6. The molecule has 0 saturated carbocycles. The second-order valence-corrected chi connectivity index (χ2v) is 16.4. The molecule has 2 aliphatic heterocycles. The van der Waals surface area contributed by atoms with Crippen LogP contribution in [0.15, 0.2) is 188 Å². The molecule has 0 aliphatic carbocycles. The van der Waals surface area contributed by atoms with Gasteiger partial charge in [0.05, 0.1) is 33.1 Å². The van der Waals surface area contributed by atoms with Gasteiger partial charge in [0.1, 0.15) is 0 Å². The van der Waals surface area contributed by atoms with Gasteiger partial charge in [-0.2, -0.15) is 0 Å². The van der Waals surface area contributed by atoms with E-state index in [2.05, 4.69) is 206 Å². The summed E-state index contributed by atoms with van der Waals surface area (Å²) in [5.74, 6) is 0. The average Bonchev–Trinajstić information content (AvgIpc) is 4.03. The van der Waals surface area contributed by atoms with Gasteiger partial charge in [0.25, 0.3) is 6.71 Å². The Labute approximate surface area is 338 Å². The minimum Gasteiger partial charge on any atom is -0.308 e. The van der Waals surface area contributed by atoms with Crippen LogP contribution >= 0.6 is 0 Å². The van der Waals surface area contributed by atoms with Crippen molar-refractivity contribution in [3.8, 4) is 22.7 Å². The third-order valence-corrected chi connectivity index (χ3v) is 13.7. The van der Waals surface area contributed by atoms with Gasteiger partial charge >= 0.3 is 0 Å². The largest absolute Gasteiger partial charge is 0.308 e. The zero-order valence-corrected chi connectivity index (χ0v) is 31.8. The quantitative estimate of drug-likeness (QED) is 0.157. The third kappa shape index (κ3) is 3.52. The Hall–Kier alpha value is -7.76. The van der Waals surface area contributed by atoms with E-state index in [9.17, 15) is 0 Å². The highest BCUT2D eigenvalue weighted by atomic mass is 15.1. The summed E-state index contributed by atoms with van der Waals surface area (Å²) >= 11 is 0. The molecule has 270 valence electrons. The Kier molecular flexibility index (Phi) is 5.46. The standard InChI is InChI=1S/C54H31BN4/c1-3-14-32(15-4-1)56-44-24-9-7-18-34(44)38-28-30-40-36-20-11-22-42-49(36)58(53(40)51(38)56)46-26-13-27-47-48(46)55(42)43-23-12-21-37-41-31-29-39-35-19-8-10-25-45(35)57(33-16-5-2-6-17-33)52(39)54(41)59(47)50(37)43/h1-31H. The molecule has 0 saturated heterocycles. The predicted octanol–water partition coefficient (Wildman–Crippen LogP) is 11.2. The average molecular weight is 747 g/mol. The van der Waals surface area contributed by atoms with Crippen LogP contribution in [0, 0.1) is 0 Å². The normalized spacial score (nSPS) is 13.1. The van der Waals surface area contributed by atoms with E-state index in [0.29, 0.717) is 0 Å². The minimum absolute atomic E-state index is 0.0770. The lowest BCUT2D eigenvalue weighted by molar-refractivity contribution is 1.13. The molecule has 13 aromatic rings. The molecule has 0 radical (unpaired) electrons. The maximum absolute atomic E-state index is 2.63. The molecule has 0 atom stereocenters. The number of para-hydroxylation sites is 6. The van der Waals surface area contributed by atoms with Gasteiger partial charge in [-0.3, -0.25) is 0 Å². The molecule has 4 nitrogen and oxygen atoms in total. The van der Waals surface area contributed by atoms with Gasteiger partial charge in [0, 0.05) is 76.9 Å². The van der Waals surface area contributed by atoms with Gasteiger partial charge < -0.3 is 18.3 Å². The van der Waals surface area contributed by atoms with E-state index in [1.54, 1.807) is 0 Å². The van der Waals surface area contributed by atoms with Crippen molar-refractivity contribution >= 4 is 110 Å². The highest BCUT2D eigenvalue weighted by Gasteiger charge is 2.41. The summed E-state index contributed by atoms with van der Waals surface area (Å²) in [7, 11) is 0. The zero-order chi connectivity index (χ0) is 38.1. The first kappa shape index (κ1) is 30.4. The molecule has 9 aromatic carbocycles. The molecule has 0 unspecified atom stereocenters. The Morgan fingerprint density at radius 1 is 0.254 bits per heavy atom. The van der Waals surface area contributed by atoms with Gasteiger partial charge in [-0.05, 0) is 64.9 Å². The molecular weight excluding hydrogens is 715 g/mol. The smallest absolute Gasteiger partial charge is 0.252 e. The number of benzene rings is 9. The van der Waals surface area contributed by atoms with Crippen LogP contribution in [-0.2, 0) is 0 Å². The Balaban J connectivity index is 1.15. The van der Waals surface area contributed by atoms with Crippen LogP contribution in [-0.4, -0.2) is 25.0 Å². The summed E-state index contributed by atoms with van der Waals surface area (Å²) < 4.78 is 10.2. The van der Waals surface area contributed by atoms with Crippen molar-refractivity contribution in [2.45, 2.75) is 0 Å². The van der Waals surface area contributed by atoms with E-state index >= 15 is 0 Å². The van der Waals surface area contributed by atoms with E-state index in [1.165, 1.54) is 126 Å². The molecule has 0 N–H and O–H groups in total. The zero-order valence-electron chi connectivity index (χ0n) is 31.8. The van der Waals surface area contributed by atoms with Crippen molar-refractivity contribution in [1.29, 1.82) is 0 Å². The van der Waals surface area contributed by atoms with Crippen LogP contribution in [0.3, 0.4) is 0 Å². The van der Waals surface area contributed by atoms with Gasteiger partial charge in [-0.1, -0.05) is 140 Å². The first-order valence-corrected chi connectivity index (χ1v) is 20.6. The van der Waals surface area contributed by atoms with Crippen LogP contribution < -0.4 is 16.4 Å². The number of rotatable bonds is 2. The second-order valence-electron chi connectivity index (χ2n) is 16.4. The van der Waals surface area contributed by atoms with Gasteiger partial charge in [0.15, 0.2) is 0 Å². The van der Waals surface area contributed by atoms with Gasteiger partial charge in [-0.15, -0.1) is 0 Å². The number of hydrogen-bond acceptors (Lipinski definition) is 0. The summed E-state index contributed by atoms with van der Waals surface area (Å²) in [5, 5.41) is 10.2. The molecule has 2 aliphatic rings. The Morgan fingerprint density at radius 3 is 1.08 bits per heavy atom. The maximum Gasteiger partial charge on any atom is 0.252 e. The summed E-state index contributed by atoms with van der Waals surface area (Å²) in [4.78, 5) is 0. The number of hydrogen-bond donors (Lipinski definition) is 0. The highest BCUT2D eigenvalue weighted by molar-refractivity contribution is 7.00. The van der Waals surface area contributed by atoms with E-state index < -0.39 is 0 Å². The van der Waals surface area contributed by atoms with E-state index in [4.69, 9.17) is 0 Å². The molecule has 0 bridgehead atoms. The first-order chi connectivity index (χ1) is 29.3. The minimum atomic E-state index is 0.0770. The maximum atomic E-state index is 2.63. The van der Waals surface area contributed by atoms with Crippen LogP contribution in [0.4, 0.5) is 0 Å². The van der Waals surface area contributed by atoms with Crippen LogP contribution in [0.25, 0.3) is 110 Å².